The van der Waals surface area contributed by atoms with E-state index in [9.17, 15) is 0 Å². The molecular formula is C43H29N3. The molecule has 0 saturated carbocycles. The Kier molecular flexibility index (Phi) is 5.06. The van der Waals surface area contributed by atoms with E-state index in [1.165, 1.54) is 54.6 Å². The molecule has 0 bridgehead atoms. The van der Waals surface area contributed by atoms with Crippen molar-refractivity contribution < 1.29 is 0 Å². The molecule has 2 heterocycles. The third-order valence-electron chi connectivity index (χ3n) is 10.2. The lowest BCUT2D eigenvalue weighted by molar-refractivity contribution is 0.660. The highest BCUT2D eigenvalue weighted by molar-refractivity contribution is 6.28. The SMILES string of the molecule is CC1(C)c2ccccc2-c2ccc(-c3nc(-n4c5ccc6ccccc6c5c5c6ccccc6ccc54)nc4ccccc34)cc21. The van der Waals surface area contributed by atoms with Crippen molar-refractivity contribution in [2.75, 3.05) is 0 Å². The van der Waals surface area contributed by atoms with E-state index in [1.807, 2.05) is 0 Å². The lowest BCUT2D eigenvalue weighted by atomic mass is 9.82. The summed E-state index contributed by atoms with van der Waals surface area (Å²) >= 11 is 0. The monoisotopic (exact) mass is 587 g/mol. The predicted octanol–water partition coefficient (Wildman–Crippen LogP) is 11.0. The zero-order valence-electron chi connectivity index (χ0n) is 25.6. The van der Waals surface area contributed by atoms with Gasteiger partial charge in [-0.1, -0.05) is 129 Å². The highest BCUT2D eigenvalue weighted by atomic mass is 15.2. The standard InChI is InChI=1S/C43H29N3/c1-43(2)34-17-9-7-15-31(34)32-22-19-28(25-35(32)43)41-33-16-8-10-18-36(33)44-42(45-41)46-37-23-20-26-11-3-5-13-29(26)39(37)40-30-14-6-4-12-27(30)21-24-38(40)46/h3-25H,1-2H3. The maximum absolute atomic E-state index is 5.45. The molecule has 1 aliphatic rings. The maximum atomic E-state index is 5.45. The Morgan fingerprint density at radius 3 is 1.80 bits per heavy atom. The van der Waals surface area contributed by atoms with E-state index in [-0.39, 0.29) is 5.41 Å². The summed E-state index contributed by atoms with van der Waals surface area (Å²) in [6.07, 6.45) is 0. The maximum Gasteiger partial charge on any atom is 0.235 e. The summed E-state index contributed by atoms with van der Waals surface area (Å²) in [6.45, 7) is 4.66. The molecule has 0 N–H and O–H groups in total. The van der Waals surface area contributed by atoms with Gasteiger partial charge in [-0.3, -0.25) is 4.57 Å². The second kappa shape index (κ2) is 9.12. The summed E-state index contributed by atoms with van der Waals surface area (Å²) in [5, 5.41) is 8.45. The Morgan fingerprint density at radius 1 is 0.500 bits per heavy atom. The molecule has 0 spiro atoms. The second-order valence-corrected chi connectivity index (χ2v) is 13.0. The van der Waals surface area contributed by atoms with Crippen LogP contribution in [0.1, 0.15) is 25.0 Å². The van der Waals surface area contributed by atoms with E-state index >= 15 is 0 Å². The summed E-state index contributed by atoms with van der Waals surface area (Å²) in [5.74, 6) is 0.683. The van der Waals surface area contributed by atoms with E-state index in [2.05, 4.69) is 158 Å². The topological polar surface area (TPSA) is 30.7 Å². The van der Waals surface area contributed by atoms with E-state index in [1.54, 1.807) is 0 Å². The molecule has 0 amide bonds. The average molecular weight is 588 g/mol. The first-order chi connectivity index (χ1) is 22.6. The highest BCUT2D eigenvalue weighted by Gasteiger charge is 2.35. The van der Waals surface area contributed by atoms with Crippen molar-refractivity contribution in [3.63, 3.8) is 0 Å². The van der Waals surface area contributed by atoms with E-state index in [0.29, 0.717) is 5.95 Å². The quantitative estimate of drug-likeness (QED) is 0.201. The summed E-state index contributed by atoms with van der Waals surface area (Å²) in [7, 11) is 0. The lowest BCUT2D eigenvalue weighted by Gasteiger charge is -2.22. The van der Waals surface area contributed by atoms with E-state index < -0.39 is 0 Å². The molecule has 0 saturated heterocycles. The zero-order chi connectivity index (χ0) is 30.6. The molecule has 3 nitrogen and oxygen atoms in total. The summed E-state index contributed by atoms with van der Waals surface area (Å²) in [6, 6.07) is 50.4. The van der Waals surface area contributed by atoms with E-state index in [4.69, 9.17) is 9.97 Å². The third kappa shape index (κ3) is 3.37. The molecule has 3 heteroatoms. The number of hydrogen-bond acceptors (Lipinski definition) is 2. The lowest BCUT2D eigenvalue weighted by Crippen LogP contribution is -2.15. The van der Waals surface area contributed by atoms with Crippen LogP contribution in [-0.2, 0) is 5.41 Å². The molecular weight excluding hydrogens is 558 g/mol. The van der Waals surface area contributed by atoms with Crippen LogP contribution in [0.5, 0.6) is 0 Å². The van der Waals surface area contributed by atoms with Crippen molar-refractivity contribution in [2.45, 2.75) is 19.3 Å². The number of fused-ring (bicyclic) bond motifs is 11. The van der Waals surface area contributed by atoms with Gasteiger partial charge in [0.1, 0.15) is 0 Å². The van der Waals surface area contributed by atoms with Crippen molar-refractivity contribution in [3.05, 3.63) is 151 Å². The molecule has 216 valence electrons. The molecule has 7 aromatic carbocycles. The molecule has 1 aliphatic carbocycles. The number of aromatic nitrogens is 3. The molecule has 2 aromatic heterocycles. The van der Waals surface area contributed by atoms with Crippen LogP contribution in [0.15, 0.2) is 140 Å². The highest BCUT2D eigenvalue weighted by Crippen LogP contribution is 2.50. The fourth-order valence-corrected chi connectivity index (χ4v) is 8.00. The van der Waals surface area contributed by atoms with Crippen LogP contribution in [-0.4, -0.2) is 14.5 Å². The molecule has 9 aromatic rings. The molecule has 46 heavy (non-hydrogen) atoms. The van der Waals surface area contributed by atoms with Crippen LogP contribution < -0.4 is 0 Å². The van der Waals surface area contributed by atoms with Crippen LogP contribution >= 0.6 is 0 Å². The Labute approximate surface area is 266 Å². The minimum Gasteiger partial charge on any atom is -0.278 e. The number of para-hydroxylation sites is 1. The van der Waals surface area contributed by atoms with Crippen molar-refractivity contribution in [3.8, 4) is 28.3 Å². The van der Waals surface area contributed by atoms with Crippen LogP contribution in [0.3, 0.4) is 0 Å². The van der Waals surface area contributed by atoms with Gasteiger partial charge in [0.15, 0.2) is 0 Å². The Morgan fingerprint density at radius 2 is 1.09 bits per heavy atom. The Bertz CT molecular complexity index is 2640. The summed E-state index contributed by atoms with van der Waals surface area (Å²) in [4.78, 5) is 10.7. The van der Waals surface area contributed by atoms with Gasteiger partial charge in [-0.25, -0.2) is 9.97 Å². The smallest absolute Gasteiger partial charge is 0.235 e. The third-order valence-corrected chi connectivity index (χ3v) is 10.2. The van der Waals surface area contributed by atoms with Gasteiger partial charge in [-0.2, -0.15) is 0 Å². The largest absolute Gasteiger partial charge is 0.278 e. The van der Waals surface area contributed by atoms with Crippen LogP contribution in [0.4, 0.5) is 0 Å². The van der Waals surface area contributed by atoms with Gasteiger partial charge in [0.2, 0.25) is 5.95 Å². The fraction of sp³-hybridized carbons (Fsp3) is 0.0698. The van der Waals surface area contributed by atoms with Crippen molar-refractivity contribution in [1.29, 1.82) is 0 Å². The van der Waals surface area contributed by atoms with Gasteiger partial charge >= 0.3 is 0 Å². The minimum atomic E-state index is -0.0947. The van der Waals surface area contributed by atoms with Gasteiger partial charge < -0.3 is 0 Å². The van der Waals surface area contributed by atoms with E-state index in [0.717, 1.165) is 33.2 Å². The molecule has 0 atom stereocenters. The Hall–Kier alpha value is -5.80. The number of rotatable bonds is 2. The average Bonchev–Trinajstić information content (AvgIpc) is 3.57. The number of hydrogen-bond donors (Lipinski definition) is 0. The van der Waals surface area contributed by atoms with Crippen molar-refractivity contribution >= 4 is 54.3 Å². The van der Waals surface area contributed by atoms with Gasteiger partial charge in [0, 0.05) is 27.1 Å². The molecule has 0 fully saturated rings. The van der Waals surface area contributed by atoms with Gasteiger partial charge in [-0.05, 0) is 68.1 Å². The second-order valence-electron chi connectivity index (χ2n) is 13.0. The molecule has 0 aliphatic heterocycles. The summed E-state index contributed by atoms with van der Waals surface area (Å²) < 4.78 is 2.27. The normalized spacial score (nSPS) is 13.6. The first-order valence-corrected chi connectivity index (χ1v) is 15.9. The number of benzene rings is 7. The van der Waals surface area contributed by atoms with Gasteiger partial charge in [0.25, 0.3) is 0 Å². The van der Waals surface area contributed by atoms with Crippen molar-refractivity contribution in [1.82, 2.24) is 14.5 Å². The van der Waals surface area contributed by atoms with Gasteiger partial charge in [0.05, 0.1) is 22.2 Å². The zero-order valence-corrected chi connectivity index (χ0v) is 25.6. The molecule has 0 radical (unpaired) electrons. The fourth-order valence-electron chi connectivity index (χ4n) is 8.00. The predicted molar refractivity (Wildman–Crippen MR) is 192 cm³/mol. The van der Waals surface area contributed by atoms with Crippen LogP contribution in [0.2, 0.25) is 0 Å². The first-order valence-electron chi connectivity index (χ1n) is 15.9. The minimum absolute atomic E-state index is 0.0947. The molecule has 10 rings (SSSR count). The first kappa shape index (κ1) is 25.5. The molecule has 0 unspecified atom stereocenters. The van der Waals surface area contributed by atoms with Crippen molar-refractivity contribution in [2.24, 2.45) is 0 Å². The van der Waals surface area contributed by atoms with Gasteiger partial charge in [-0.15, -0.1) is 0 Å². The Balaban J connectivity index is 1.30. The van der Waals surface area contributed by atoms with Crippen LogP contribution in [0, 0.1) is 0 Å². The summed E-state index contributed by atoms with van der Waals surface area (Å²) in [5.41, 5.74) is 10.5. The number of nitrogens with zero attached hydrogens (tertiary/aromatic N) is 3. The van der Waals surface area contributed by atoms with Crippen LogP contribution in [0.25, 0.3) is 82.6 Å².